The largest absolute Gasteiger partial charge is 0.379 e. The Morgan fingerprint density at radius 1 is 1.38 bits per heavy atom. The summed E-state index contributed by atoms with van der Waals surface area (Å²) in [4.78, 5) is 11.7. The molecule has 0 saturated carbocycles. The number of methoxy groups -OCH3 is 1. The Bertz CT molecular complexity index is 227. The van der Waals surface area contributed by atoms with Gasteiger partial charge >= 0.3 is 0 Å². The van der Waals surface area contributed by atoms with Crippen molar-refractivity contribution < 1.29 is 9.53 Å². The second-order valence-electron chi connectivity index (χ2n) is 5.23. The molecule has 0 aromatic carbocycles. The fourth-order valence-corrected chi connectivity index (χ4v) is 1.48. The highest BCUT2D eigenvalue weighted by atomic mass is 16.5. The number of nitrogens with one attached hydrogen (secondary N) is 1. The predicted molar refractivity (Wildman–Crippen MR) is 66.1 cm³/mol. The van der Waals surface area contributed by atoms with E-state index >= 15 is 0 Å². The molecule has 16 heavy (non-hydrogen) atoms. The van der Waals surface area contributed by atoms with Crippen LogP contribution in [0.15, 0.2) is 0 Å². The average molecular weight is 230 g/mol. The van der Waals surface area contributed by atoms with Crippen molar-refractivity contribution in [3.05, 3.63) is 0 Å². The zero-order chi connectivity index (χ0) is 12.9. The van der Waals surface area contributed by atoms with Crippen LogP contribution >= 0.6 is 0 Å². The molecule has 0 heterocycles. The SMILES string of the molecule is COC(C)(C)CC(C)NC(=O)C(C)C(C)N. The molecule has 0 rings (SSSR count). The zero-order valence-corrected chi connectivity index (χ0v) is 11.3. The summed E-state index contributed by atoms with van der Waals surface area (Å²) in [5.41, 5.74) is 5.46. The minimum Gasteiger partial charge on any atom is -0.379 e. The first-order valence-corrected chi connectivity index (χ1v) is 5.80. The summed E-state index contributed by atoms with van der Waals surface area (Å²) in [6.45, 7) is 9.67. The van der Waals surface area contributed by atoms with Gasteiger partial charge in [0.25, 0.3) is 0 Å². The van der Waals surface area contributed by atoms with Gasteiger partial charge in [0, 0.05) is 25.1 Å². The standard InChI is InChI=1S/C12H26N2O2/c1-8(7-12(4,5)16-6)14-11(15)9(2)10(3)13/h8-10H,7,13H2,1-6H3,(H,14,15). The third kappa shape index (κ3) is 5.47. The Labute approximate surface area is 98.9 Å². The van der Waals surface area contributed by atoms with Crippen molar-refractivity contribution in [3.8, 4) is 0 Å². The number of ether oxygens (including phenoxy) is 1. The van der Waals surface area contributed by atoms with Gasteiger partial charge in [0.1, 0.15) is 0 Å². The number of carbonyl (C=O) groups is 1. The van der Waals surface area contributed by atoms with Crippen molar-refractivity contribution in [3.63, 3.8) is 0 Å². The third-order valence-electron chi connectivity index (χ3n) is 2.94. The molecule has 0 aliphatic rings. The summed E-state index contributed by atoms with van der Waals surface area (Å²) in [5, 5.41) is 2.95. The van der Waals surface area contributed by atoms with Crippen LogP contribution in [0, 0.1) is 5.92 Å². The van der Waals surface area contributed by atoms with Crippen LogP contribution in [0.1, 0.15) is 41.0 Å². The highest BCUT2D eigenvalue weighted by Crippen LogP contribution is 2.15. The van der Waals surface area contributed by atoms with Crippen molar-refractivity contribution in [1.82, 2.24) is 5.32 Å². The van der Waals surface area contributed by atoms with E-state index in [1.54, 1.807) is 7.11 Å². The van der Waals surface area contributed by atoms with E-state index in [0.29, 0.717) is 0 Å². The summed E-state index contributed by atoms with van der Waals surface area (Å²) in [5.74, 6) is -0.150. The molecule has 0 spiro atoms. The van der Waals surface area contributed by atoms with E-state index in [4.69, 9.17) is 10.5 Å². The molecular formula is C12H26N2O2. The maximum Gasteiger partial charge on any atom is 0.224 e. The molecule has 0 fully saturated rings. The third-order valence-corrected chi connectivity index (χ3v) is 2.94. The molecule has 0 aromatic heterocycles. The molecule has 96 valence electrons. The fraction of sp³-hybridized carbons (Fsp3) is 0.917. The minimum atomic E-state index is -0.218. The molecule has 0 aliphatic heterocycles. The van der Waals surface area contributed by atoms with Crippen molar-refractivity contribution in [2.24, 2.45) is 11.7 Å². The second kappa shape index (κ2) is 6.21. The molecule has 0 bridgehead atoms. The summed E-state index contributed by atoms with van der Waals surface area (Å²) in [6, 6.07) is -0.0358. The van der Waals surface area contributed by atoms with Crippen LogP contribution in [-0.4, -0.2) is 30.7 Å². The molecule has 3 unspecified atom stereocenters. The van der Waals surface area contributed by atoms with E-state index in [1.165, 1.54) is 0 Å². The number of nitrogens with two attached hydrogens (primary N) is 1. The number of hydrogen-bond donors (Lipinski definition) is 2. The molecule has 0 aromatic rings. The van der Waals surface area contributed by atoms with Gasteiger partial charge in [0.05, 0.1) is 5.60 Å². The Morgan fingerprint density at radius 3 is 2.25 bits per heavy atom. The summed E-state index contributed by atoms with van der Waals surface area (Å²) in [7, 11) is 1.68. The Kier molecular flexibility index (Phi) is 5.97. The van der Waals surface area contributed by atoms with Crippen molar-refractivity contribution in [2.45, 2.75) is 58.7 Å². The number of amides is 1. The highest BCUT2D eigenvalue weighted by molar-refractivity contribution is 5.79. The summed E-state index contributed by atoms with van der Waals surface area (Å²) in [6.07, 6.45) is 0.779. The van der Waals surface area contributed by atoms with Gasteiger partial charge in [-0.1, -0.05) is 6.92 Å². The predicted octanol–water partition coefficient (Wildman–Crippen LogP) is 1.29. The first kappa shape index (κ1) is 15.4. The van der Waals surface area contributed by atoms with Crippen LogP contribution in [0.3, 0.4) is 0 Å². The monoisotopic (exact) mass is 230 g/mol. The lowest BCUT2D eigenvalue weighted by atomic mass is 9.98. The van der Waals surface area contributed by atoms with E-state index in [-0.39, 0.29) is 29.5 Å². The maximum absolute atomic E-state index is 11.7. The van der Waals surface area contributed by atoms with Crippen LogP contribution in [0.4, 0.5) is 0 Å². The van der Waals surface area contributed by atoms with Crippen molar-refractivity contribution in [1.29, 1.82) is 0 Å². The van der Waals surface area contributed by atoms with Gasteiger partial charge in [0.15, 0.2) is 0 Å². The maximum atomic E-state index is 11.7. The van der Waals surface area contributed by atoms with Gasteiger partial charge in [-0.15, -0.1) is 0 Å². The lowest BCUT2D eigenvalue weighted by molar-refractivity contribution is -0.126. The zero-order valence-electron chi connectivity index (χ0n) is 11.3. The Morgan fingerprint density at radius 2 is 1.88 bits per heavy atom. The number of hydrogen-bond acceptors (Lipinski definition) is 3. The Balaban J connectivity index is 4.15. The van der Waals surface area contributed by atoms with Gasteiger partial charge in [-0.25, -0.2) is 0 Å². The fourth-order valence-electron chi connectivity index (χ4n) is 1.48. The molecule has 0 saturated heterocycles. The van der Waals surface area contributed by atoms with E-state index in [1.807, 2.05) is 34.6 Å². The van der Waals surface area contributed by atoms with Crippen molar-refractivity contribution >= 4 is 5.91 Å². The molecule has 3 atom stereocenters. The van der Waals surface area contributed by atoms with Gasteiger partial charge in [-0.05, 0) is 34.1 Å². The highest BCUT2D eigenvalue weighted by Gasteiger charge is 2.23. The first-order chi connectivity index (χ1) is 7.19. The Hall–Kier alpha value is -0.610. The molecule has 0 aliphatic carbocycles. The topological polar surface area (TPSA) is 64.3 Å². The van der Waals surface area contributed by atoms with E-state index in [2.05, 4.69) is 5.32 Å². The smallest absolute Gasteiger partial charge is 0.224 e. The van der Waals surface area contributed by atoms with Crippen LogP contribution in [0.5, 0.6) is 0 Å². The van der Waals surface area contributed by atoms with E-state index in [0.717, 1.165) is 6.42 Å². The molecule has 1 amide bonds. The number of rotatable bonds is 6. The molecule has 4 heteroatoms. The van der Waals surface area contributed by atoms with Crippen LogP contribution in [-0.2, 0) is 9.53 Å². The quantitative estimate of drug-likeness (QED) is 0.722. The van der Waals surface area contributed by atoms with Crippen LogP contribution in [0.2, 0.25) is 0 Å². The van der Waals surface area contributed by atoms with Gasteiger partial charge < -0.3 is 15.8 Å². The lowest BCUT2D eigenvalue weighted by Gasteiger charge is -2.28. The number of carbonyl (C=O) groups excluding carboxylic acids is 1. The summed E-state index contributed by atoms with van der Waals surface area (Å²) < 4.78 is 5.32. The molecule has 4 nitrogen and oxygen atoms in total. The minimum absolute atomic E-state index is 0.00871. The average Bonchev–Trinajstić information content (AvgIpc) is 2.15. The van der Waals surface area contributed by atoms with Crippen LogP contribution < -0.4 is 11.1 Å². The lowest BCUT2D eigenvalue weighted by Crippen LogP contribution is -2.44. The molecular weight excluding hydrogens is 204 g/mol. The van der Waals surface area contributed by atoms with Crippen LogP contribution in [0.25, 0.3) is 0 Å². The normalized spacial score (nSPS) is 17.7. The van der Waals surface area contributed by atoms with Gasteiger partial charge in [0.2, 0.25) is 5.91 Å². The summed E-state index contributed by atoms with van der Waals surface area (Å²) >= 11 is 0. The molecule has 0 radical (unpaired) electrons. The van der Waals surface area contributed by atoms with Gasteiger partial charge in [-0.3, -0.25) is 4.79 Å². The van der Waals surface area contributed by atoms with Crippen molar-refractivity contribution in [2.75, 3.05) is 7.11 Å². The van der Waals surface area contributed by atoms with E-state index < -0.39 is 0 Å². The first-order valence-electron chi connectivity index (χ1n) is 5.80. The van der Waals surface area contributed by atoms with E-state index in [9.17, 15) is 4.79 Å². The molecule has 3 N–H and O–H groups in total. The van der Waals surface area contributed by atoms with Gasteiger partial charge in [-0.2, -0.15) is 0 Å². The second-order valence-corrected chi connectivity index (χ2v) is 5.23.